The first-order valence-corrected chi connectivity index (χ1v) is 9.91. The molecule has 9 nitrogen and oxygen atoms in total. The molecule has 4 rings (SSSR count). The molecule has 1 N–H and O–H groups in total. The minimum absolute atomic E-state index is 0.179. The van der Waals surface area contributed by atoms with Crippen LogP contribution in [0.2, 0.25) is 0 Å². The maximum Gasteiger partial charge on any atom is 0.237 e. The third kappa shape index (κ3) is 4.11. The highest BCUT2D eigenvalue weighted by Gasteiger charge is 2.21. The van der Waals surface area contributed by atoms with Crippen molar-refractivity contribution in [2.24, 2.45) is 0 Å². The van der Waals surface area contributed by atoms with Gasteiger partial charge in [0.25, 0.3) is 0 Å². The summed E-state index contributed by atoms with van der Waals surface area (Å²) in [6, 6.07) is 12.7. The molecule has 29 heavy (non-hydrogen) atoms. The highest BCUT2D eigenvalue weighted by atomic mass is 32.2. The molecule has 0 radical (unpaired) electrons. The Labute approximate surface area is 171 Å². The van der Waals surface area contributed by atoms with Crippen molar-refractivity contribution in [2.45, 2.75) is 24.3 Å². The normalized spacial score (nSPS) is 13.2. The Kier molecular flexibility index (Phi) is 5.52. The molecule has 1 unspecified atom stereocenters. The van der Waals surface area contributed by atoms with Gasteiger partial charge in [-0.15, -0.1) is 5.10 Å². The van der Waals surface area contributed by atoms with Crippen LogP contribution in [0.5, 0.6) is 17.2 Å². The van der Waals surface area contributed by atoms with Gasteiger partial charge in [0, 0.05) is 11.8 Å². The molecule has 150 valence electrons. The number of para-hydroxylation sites is 2. The minimum Gasteiger partial charge on any atom is -0.492 e. The SMILES string of the molecule is CCOc1ccccc1-n1nnnc1SC(C)C(=O)Nc1ccc2c(c1)OCO2. The van der Waals surface area contributed by atoms with Crippen LogP contribution in [0.25, 0.3) is 5.69 Å². The van der Waals surface area contributed by atoms with Gasteiger partial charge in [-0.1, -0.05) is 23.9 Å². The molecular formula is C19H19N5O4S. The van der Waals surface area contributed by atoms with E-state index in [4.69, 9.17) is 14.2 Å². The maximum atomic E-state index is 12.6. The topological polar surface area (TPSA) is 100 Å². The van der Waals surface area contributed by atoms with E-state index in [9.17, 15) is 4.79 Å². The molecule has 3 aromatic rings. The Balaban J connectivity index is 1.47. The molecule has 0 saturated carbocycles. The fraction of sp³-hybridized carbons (Fsp3) is 0.263. The molecule has 1 amide bonds. The van der Waals surface area contributed by atoms with E-state index in [1.807, 2.05) is 31.2 Å². The molecule has 0 aliphatic carbocycles. The van der Waals surface area contributed by atoms with Gasteiger partial charge in [0.2, 0.25) is 17.9 Å². The number of fused-ring (bicyclic) bond motifs is 1. The van der Waals surface area contributed by atoms with Crippen LogP contribution in [0.1, 0.15) is 13.8 Å². The molecule has 1 aromatic heterocycles. The average Bonchev–Trinajstić information content (AvgIpc) is 3.37. The highest BCUT2D eigenvalue weighted by Crippen LogP contribution is 2.34. The van der Waals surface area contributed by atoms with Crippen LogP contribution in [0, 0.1) is 0 Å². The summed E-state index contributed by atoms with van der Waals surface area (Å²) in [4.78, 5) is 12.6. The van der Waals surface area contributed by atoms with Gasteiger partial charge in [-0.3, -0.25) is 4.79 Å². The molecule has 2 heterocycles. The average molecular weight is 413 g/mol. The third-order valence-corrected chi connectivity index (χ3v) is 5.16. The lowest BCUT2D eigenvalue weighted by atomic mass is 10.2. The summed E-state index contributed by atoms with van der Waals surface area (Å²) in [6.45, 7) is 4.41. The molecule has 0 saturated heterocycles. The van der Waals surface area contributed by atoms with Crippen LogP contribution in [0.3, 0.4) is 0 Å². The molecule has 1 aliphatic heterocycles. The molecule has 0 bridgehead atoms. The fourth-order valence-electron chi connectivity index (χ4n) is 2.74. The van der Waals surface area contributed by atoms with Gasteiger partial charge in [-0.25, -0.2) is 0 Å². The maximum absolute atomic E-state index is 12.6. The number of carbonyl (C=O) groups excluding carboxylic acids is 1. The van der Waals surface area contributed by atoms with E-state index in [0.717, 1.165) is 0 Å². The lowest BCUT2D eigenvalue weighted by Gasteiger charge is -2.13. The number of rotatable bonds is 7. The van der Waals surface area contributed by atoms with Crippen molar-refractivity contribution in [1.82, 2.24) is 20.2 Å². The lowest BCUT2D eigenvalue weighted by Crippen LogP contribution is -2.23. The number of hydrogen-bond donors (Lipinski definition) is 1. The summed E-state index contributed by atoms with van der Waals surface area (Å²) in [5, 5.41) is 14.8. The number of amides is 1. The lowest BCUT2D eigenvalue weighted by molar-refractivity contribution is -0.115. The number of anilines is 1. The Morgan fingerprint density at radius 3 is 2.97 bits per heavy atom. The Hall–Kier alpha value is -3.27. The van der Waals surface area contributed by atoms with E-state index >= 15 is 0 Å². The predicted molar refractivity (Wildman–Crippen MR) is 107 cm³/mol. The summed E-state index contributed by atoms with van der Waals surface area (Å²) in [5.41, 5.74) is 1.35. The number of tetrazole rings is 1. The van der Waals surface area contributed by atoms with Gasteiger partial charge >= 0.3 is 0 Å². The van der Waals surface area contributed by atoms with E-state index in [-0.39, 0.29) is 12.7 Å². The van der Waals surface area contributed by atoms with Gasteiger partial charge in [-0.05, 0) is 48.5 Å². The smallest absolute Gasteiger partial charge is 0.237 e. The van der Waals surface area contributed by atoms with Crippen molar-refractivity contribution in [2.75, 3.05) is 18.7 Å². The van der Waals surface area contributed by atoms with E-state index in [1.54, 1.807) is 29.8 Å². The first-order chi connectivity index (χ1) is 14.2. The predicted octanol–water partition coefficient (Wildman–Crippen LogP) is 2.91. The van der Waals surface area contributed by atoms with Crippen LogP contribution in [-0.4, -0.2) is 44.8 Å². The number of benzene rings is 2. The first kappa shape index (κ1) is 19.1. The Morgan fingerprint density at radius 2 is 2.10 bits per heavy atom. The molecule has 1 aliphatic rings. The van der Waals surface area contributed by atoms with Crippen LogP contribution in [-0.2, 0) is 4.79 Å². The van der Waals surface area contributed by atoms with Crippen molar-refractivity contribution >= 4 is 23.4 Å². The zero-order chi connectivity index (χ0) is 20.2. The molecule has 0 fully saturated rings. The Morgan fingerprint density at radius 1 is 1.28 bits per heavy atom. The quantitative estimate of drug-likeness (QED) is 0.590. The van der Waals surface area contributed by atoms with Gasteiger partial charge in [0.15, 0.2) is 11.5 Å². The summed E-state index contributed by atoms with van der Waals surface area (Å²) in [5.74, 6) is 1.76. The monoisotopic (exact) mass is 413 g/mol. The number of nitrogens with zero attached hydrogens (tertiary/aromatic N) is 4. The van der Waals surface area contributed by atoms with Crippen molar-refractivity contribution in [3.8, 4) is 22.9 Å². The molecule has 0 spiro atoms. The highest BCUT2D eigenvalue weighted by molar-refractivity contribution is 8.00. The standard InChI is InChI=1S/C19H19N5O4S/c1-3-26-15-7-5-4-6-14(15)24-19(21-22-23-24)29-12(2)18(25)20-13-8-9-16-17(10-13)28-11-27-16/h4-10,12H,3,11H2,1-2H3,(H,20,25). The van der Waals surface area contributed by atoms with Crippen molar-refractivity contribution in [3.05, 3.63) is 42.5 Å². The van der Waals surface area contributed by atoms with Crippen LogP contribution < -0.4 is 19.5 Å². The Bertz CT molecular complexity index is 1030. The van der Waals surface area contributed by atoms with E-state index < -0.39 is 5.25 Å². The number of aromatic nitrogens is 4. The van der Waals surface area contributed by atoms with Gasteiger partial charge in [-0.2, -0.15) is 4.68 Å². The number of hydrogen-bond acceptors (Lipinski definition) is 8. The van der Waals surface area contributed by atoms with Crippen LogP contribution in [0.4, 0.5) is 5.69 Å². The van der Waals surface area contributed by atoms with Gasteiger partial charge < -0.3 is 19.5 Å². The molecule has 2 aromatic carbocycles. The van der Waals surface area contributed by atoms with E-state index in [1.165, 1.54) is 11.8 Å². The fourth-order valence-corrected chi connectivity index (χ4v) is 3.54. The van der Waals surface area contributed by atoms with Gasteiger partial charge in [0.05, 0.1) is 11.9 Å². The zero-order valence-corrected chi connectivity index (χ0v) is 16.7. The second-order valence-electron chi connectivity index (χ2n) is 6.09. The summed E-state index contributed by atoms with van der Waals surface area (Å²) in [7, 11) is 0. The largest absolute Gasteiger partial charge is 0.492 e. The molecule has 10 heteroatoms. The third-order valence-electron chi connectivity index (χ3n) is 4.13. The number of thioether (sulfide) groups is 1. The zero-order valence-electron chi connectivity index (χ0n) is 15.9. The van der Waals surface area contributed by atoms with Crippen molar-refractivity contribution in [1.29, 1.82) is 0 Å². The van der Waals surface area contributed by atoms with E-state index in [0.29, 0.717) is 40.4 Å². The second-order valence-corrected chi connectivity index (χ2v) is 7.40. The number of nitrogens with one attached hydrogen (secondary N) is 1. The number of carbonyl (C=O) groups is 1. The van der Waals surface area contributed by atoms with Crippen LogP contribution >= 0.6 is 11.8 Å². The molecular weight excluding hydrogens is 394 g/mol. The van der Waals surface area contributed by atoms with Crippen LogP contribution in [0.15, 0.2) is 47.6 Å². The molecule has 1 atom stereocenters. The minimum atomic E-state index is -0.440. The summed E-state index contributed by atoms with van der Waals surface area (Å²) in [6.07, 6.45) is 0. The van der Waals surface area contributed by atoms with Crippen molar-refractivity contribution in [3.63, 3.8) is 0 Å². The number of ether oxygens (including phenoxy) is 3. The summed E-state index contributed by atoms with van der Waals surface area (Å²) >= 11 is 1.25. The van der Waals surface area contributed by atoms with Crippen molar-refractivity contribution < 1.29 is 19.0 Å². The summed E-state index contributed by atoms with van der Waals surface area (Å²) < 4.78 is 17.9. The van der Waals surface area contributed by atoms with E-state index in [2.05, 4.69) is 20.8 Å². The van der Waals surface area contributed by atoms with Gasteiger partial charge in [0.1, 0.15) is 11.4 Å². The second kappa shape index (κ2) is 8.39. The first-order valence-electron chi connectivity index (χ1n) is 9.03.